The lowest BCUT2D eigenvalue weighted by molar-refractivity contribution is -0.393. The number of aryl methyl sites for hydroxylation is 1. The number of hydrogen-bond acceptors (Lipinski definition) is 6. The van der Waals surface area contributed by atoms with Gasteiger partial charge in [0.2, 0.25) is 0 Å². The number of rotatable bonds is 6. The van der Waals surface area contributed by atoms with Crippen molar-refractivity contribution in [3.63, 3.8) is 0 Å². The lowest BCUT2D eigenvalue weighted by atomic mass is 10.1. The molecular formula is C15H14N4O4. The summed E-state index contributed by atoms with van der Waals surface area (Å²) in [6, 6.07) is 11.0. The largest absolute Gasteiger partial charge is 0.301 e. The standard InChI is InChI=1S/C15H14N4O4/c1-2-11-3-5-12(6-4-11)10-16-17-14-8-7-13(18(20)21)9-15(14)19(22)23/h3-10,17H,2H2,1H3/b16-10-. The molecule has 0 aromatic heterocycles. The Morgan fingerprint density at radius 2 is 1.78 bits per heavy atom. The van der Waals surface area contributed by atoms with E-state index < -0.39 is 15.5 Å². The number of nitrogens with one attached hydrogen (secondary N) is 1. The second kappa shape index (κ2) is 7.12. The van der Waals surface area contributed by atoms with Crippen LogP contribution in [0.2, 0.25) is 0 Å². The van der Waals surface area contributed by atoms with Crippen LogP contribution in [0.3, 0.4) is 0 Å². The van der Waals surface area contributed by atoms with Crippen LogP contribution in [0.4, 0.5) is 17.1 Å². The van der Waals surface area contributed by atoms with E-state index >= 15 is 0 Å². The molecule has 0 saturated heterocycles. The summed E-state index contributed by atoms with van der Waals surface area (Å²) in [5.41, 5.74) is 3.91. The van der Waals surface area contributed by atoms with Crippen LogP contribution in [0.1, 0.15) is 18.1 Å². The van der Waals surface area contributed by atoms with Crippen molar-refractivity contribution in [3.8, 4) is 0 Å². The maximum Gasteiger partial charge on any atom is 0.301 e. The summed E-state index contributed by atoms with van der Waals surface area (Å²) in [6.45, 7) is 2.05. The van der Waals surface area contributed by atoms with E-state index in [0.29, 0.717) is 0 Å². The van der Waals surface area contributed by atoms with Gasteiger partial charge in [0, 0.05) is 6.07 Å². The molecule has 0 saturated carbocycles. The minimum atomic E-state index is -0.694. The minimum absolute atomic E-state index is 0.0852. The van der Waals surface area contributed by atoms with Crippen molar-refractivity contribution in [1.29, 1.82) is 0 Å². The molecule has 23 heavy (non-hydrogen) atoms. The van der Waals surface area contributed by atoms with Crippen LogP contribution in [0, 0.1) is 20.2 Å². The number of non-ortho nitro benzene ring substituents is 1. The Kier molecular flexibility index (Phi) is 4.98. The third-order valence-corrected chi connectivity index (χ3v) is 3.18. The molecular weight excluding hydrogens is 300 g/mol. The third kappa shape index (κ3) is 4.10. The van der Waals surface area contributed by atoms with Crippen molar-refractivity contribution < 1.29 is 9.85 Å². The smallest absolute Gasteiger partial charge is 0.272 e. The predicted octanol–water partition coefficient (Wildman–Crippen LogP) is 3.51. The number of anilines is 1. The van der Waals surface area contributed by atoms with Crippen molar-refractivity contribution in [2.75, 3.05) is 5.43 Å². The summed E-state index contributed by atoms with van der Waals surface area (Å²) in [6.07, 6.45) is 2.45. The summed E-state index contributed by atoms with van der Waals surface area (Å²) in [5, 5.41) is 25.6. The zero-order valence-corrected chi connectivity index (χ0v) is 12.3. The maximum atomic E-state index is 11.0. The molecule has 118 valence electrons. The minimum Gasteiger partial charge on any atom is -0.272 e. The molecule has 0 spiro atoms. The zero-order valence-electron chi connectivity index (χ0n) is 12.3. The van der Waals surface area contributed by atoms with Gasteiger partial charge >= 0.3 is 5.69 Å². The van der Waals surface area contributed by atoms with E-state index in [1.165, 1.54) is 23.9 Å². The summed E-state index contributed by atoms with van der Waals surface area (Å²) in [4.78, 5) is 20.3. The topological polar surface area (TPSA) is 111 Å². The fraction of sp³-hybridized carbons (Fsp3) is 0.133. The highest BCUT2D eigenvalue weighted by molar-refractivity contribution is 5.80. The first-order valence-corrected chi connectivity index (χ1v) is 6.82. The SMILES string of the molecule is CCc1ccc(/C=N\Nc2ccc([N+](=O)[O-])cc2[N+](=O)[O-])cc1. The Morgan fingerprint density at radius 3 is 2.35 bits per heavy atom. The molecule has 0 radical (unpaired) electrons. The predicted molar refractivity (Wildman–Crippen MR) is 86.8 cm³/mol. The van der Waals surface area contributed by atoms with E-state index in [4.69, 9.17) is 0 Å². The molecule has 0 aliphatic carbocycles. The van der Waals surface area contributed by atoms with E-state index in [2.05, 4.69) is 17.5 Å². The Labute approximate surface area is 131 Å². The highest BCUT2D eigenvalue weighted by atomic mass is 16.6. The molecule has 0 heterocycles. The number of nitro groups is 2. The number of hydrazone groups is 1. The average molecular weight is 314 g/mol. The van der Waals surface area contributed by atoms with Gasteiger partial charge in [0.05, 0.1) is 22.1 Å². The molecule has 8 nitrogen and oxygen atoms in total. The monoisotopic (exact) mass is 314 g/mol. The molecule has 0 fully saturated rings. The lowest BCUT2D eigenvalue weighted by Gasteiger charge is -2.02. The van der Waals surface area contributed by atoms with E-state index in [1.54, 1.807) is 0 Å². The molecule has 2 aromatic rings. The fourth-order valence-electron chi connectivity index (χ4n) is 1.89. The maximum absolute atomic E-state index is 11.0. The third-order valence-electron chi connectivity index (χ3n) is 3.18. The molecule has 2 rings (SSSR count). The van der Waals surface area contributed by atoms with Crippen molar-refractivity contribution in [1.82, 2.24) is 0 Å². The molecule has 0 amide bonds. The Balaban J connectivity index is 2.17. The first kappa shape index (κ1) is 16.1. The molecule has 0 bridgehead atoms. The molecule has 0 unspecified atom stereocenters. The highest BCUT2D eigenvalue weighted by Gasteiger charge is 2.18. The number of nitro benzene ring substituents is 2. The quantitative estimate of drug-likeness (QED) is 0.498. The summed E-state index contributed by atoms with van der Waals surface area (Å²) >= 11 is 0. The molecule has 2 aromatic carbocycles. The van der Waals surface area contributed by atoms with Gasteiger partial charge in [-0.05, 0) is 23.6 Å². The van der Waals surface area contributed by atoms with Crippen LogP contribution in [0.25, 0.3) is 0 Å². The second-order valence-corrected chi connectivity index (χ2v) is 4.68. The van der Waals surface area contributed by atoms with Gasteiger partial charge in [-0.2, -0.15) is 5.10 Å². The van der Waals surface area contributed by atoms with Crippen molar-refractivity contribution in [2.24, 2.45) is 5.10 Å². The van der Waals surface area contributed by atoms with Gasteiger partial charge in [-0.15, -0.1) is 0 Å². The average Bonchev–Trinajstić information content (AvgIpc) is 2.55. The van der Waals surface area contributed by atoms with Crippen LogP contribution in [-0.2, 0) is 6.42 Å². The van der Waals surface area contributed by atoms with Crippen LogP contribution in [0.5, 0.6) is 0 Å². The van der Waals surface area contributed by atoms with Gasteiger partial charge in [0.1, 0.15) is 5.69 Å². The van der Waals surface area contributed by atoms with Gasteiger partial charge in [0.25, 0.3) is 5.69 Å². The number of benzene rings is 2. The fourth-order valence-corrected chi connectivity index (χ4v) is 1.89. The van der Waals surface area contributed by atoms with E-state index in [1.807, 2.05) is 24.3 Å². The summed E-state index contributed by atoms with van der Waals surface area (Å²) in [5.74, 6) is 0. The molecule has 0 aliphatic heterocycles. The van der Waals surface area contributed by atoms with Crippen LogP contribution < -0.4 is 5.43 Å². The van der Waals surface area contributed by atoms with Gasteiger partial charge in [0.15, 0.2) is 0 Å². The Morgan fingerprint density at radius 1 is 1.09 bits per heavy atom. The van der Waals surface area contributed by atoms with E-state index in [9.17, 15) is 20.2 Å². The summed E-state index contributed by atoms with van der Waals surface area (Å²) in [7, 11) is 0. The normalized spacial score (nSPS) is 10.7. The highest BCUT2D eigenvalue weighted by Crippen LogP contribution is 2.28. The second-order valence-electron chi connectivity index (χ2n) is 4.68. The molecule has 1 N–H and O–H groups in total. The van der Waals surface area contributed by atoms with Crippen LogP contribution in [-0.4, -0.2) is 16.1 Å². The van der Waals surface area contributed by atoms with Crippen molar-refractivity contribution in [2.45, 2.75) is 13.3 Å². The first-order chi connectivity index (χ1) is 11.0. The Hall–Kier alpha value is -3.29. The van der Waals surface area contributed by atoms with Gasteiger partial charge in [-0.1, -0.05) is 31.2 Å². The molecule has 0 aliphatic rings. The van der Waals surface area contributed by atoms with E-state index in [-0.39, 0.29) is 11.4 Å². The van der Waals surface area contributed by atoms with Crippen molar-refractivity contribution in [3.05, 3.63) is 73.8 Å². The van der Waals surface area contributed by atoms with E-state index in [0.717, 1.165) is 18.1 Å². The van der Waals surface area contributed by atoms with Gasteiger partial charge in [-0.3, -0.25) is 25.7 Å². The molecule has 8 heteroatoms. The molecule has 0 atom stereocenters. The first-order valence-electron chi connectivity index (χ1n) is 6.82. The number of hydrogen-bond donors (Lipinski definition) is 1. The van der Waals surface area contributed by atoms with Gasteiger partial charge in [-0.25, -0.2) is 0 Å². The van der Waals surface area contributed by atoms with Crippen LogP contribution in [0.15, 0.2) is 47.6 Å². The van der Waals surface area contributed by atoms with Crippen LogP contribution >= 0.6 is 0 Å². The zero-order chi connectivity index (χ0) is 16.8. The van der Waals surface area contributed by atoms with Crippen molar-refractivity contribution >= 4 is 23.3 Å². The lowest BCUT2D eigenvalue weighted by Crippen LogP contribution is -1.98. The Bertz CT molecular complexity index is 757. The number of nitrogens with zero attached hydrogens (tertiary/aromatic N) is 3. The summed E-state index contributed by atoms with van der Waals surface area (Å²) < 4.78 is 0. The van der Waals surface area contributed by atoms with Gasteiger partial charge < -0.3 is 0 Å².